The molecule has 0 unspecified atom stereocenters. The van der Waals surface area contributed by atoms with Crippen LogP contribution in [0, 0.1) is 0 Å². The van der Waals surface area contributed by atoms with E-state index in [1.165, 1.54) is 20.7 Å². The fourth-order valence-corrected chi connectivity index (χ4v) is 4.09. The van der Waals surface area contributed by atoms with Crippen molar-refractivity contribution in [2.24, 2.45) is 0 Å². The molecule has 0 aliphatic rings. The van der Waals surface area contributed by atoms with E-state index in [9.17, 15) is 9.59 Å². The average Bonchev–Trinajstić information content (AvgIpc) is 2.58. The Balaban J connectivity index is 2.57. The summed E-state index contributed by atoms with van der Waals surface area (Å²) in [4.78, 5) is 28.3. The van der Waals surface area contributed by atoms with E-state index in [0.29, 0.717) is 10.0 Å². The molecule has 2 aromatic heterocycles. The van der Waals surface area contributed by atoms with E-state index in [1.54, 1.807) is 0 Å². The summed E-state index contributed by atoms with van der Waals surface area (Å²) in [7, 11) is 4.60. The Morgan fingerprint density at radius 3 is 1.42 bits per heavy atom. The third-order valence-corrected chi connectivity index (χ3v) is 4.90. The summed E-state index contributed by atoms with van der Waals surface area (Å²) in [5.74, 6) is 0. The van der Waals surface area contributed by atoms with E-state index >= 15 is 0 Å². The zero-order valence-corrected chi connectivity index (χ0v) is 8.61. The lowest BCUT2D eigenvalue weighted by Gasteiger charge is -1.78. The first kappa shape index (κ1) is 8.17. The molecule has 0 aliphatic heterocycles. The Hall–Kier alpha value is -0.440. The van der Waals surface area contributed by atoms with Crippen LogP contribution in [-0.4, -0.2) is 9.97 Å². The molecule has 2 aromatic rings. The largest absolute Gasteiger partial charge is 0.337 e. The van der Waals surface area contributed by atoms with Gasteiger partial charge in [0.25, 0.3) is 0 Å². The van der Waals surface area contributed by atoms with E-state index in [4.69, 9.17) is 0 Å². The van der Waals surface area contributed by atoms with Gasteiger partial charge in [-0.25, -0.2) is 0 Å². The van der Waals surface area contributed by atoms with Crippen molar-refractivity contribution in [3.05, 3.63) is 19.3 Å². The van der Waals surface area contributed by atoms with Crippen molar-refractivity contribution in [2.45, 2.75) is 0 Å². The topological polar surface area (TPSA) is 59.9 Å². The van der Waals surface area contributed by atoms with Crippen molar-refractivity contribution in [1.82, 2.24) is 9.97 Å². The van der Waals surface area contributed by atoms with E-state index in [2.05, 4.69) is 9.97 Å². The second-order valence-corrected chi connectivity index (χ2v) is 5.84. The molecular formula is C4N2O2S4. The van der Waals surface area contributed by atoms with Gasteiger partial charge in [0, 0.05) is 0 Å². The van der Waals surface area contributed by atoms with Gasteiger partial charge in [-0.15, -0.1) is 0 Å². The molecule has 0 aromatic carbocycles. The van der Waals surface area contributed by atoms with Crippen LogP contribution in [0.5, 0.6) is 0 Å². The van der Waals surface area contributed by atoms with E-state index < -0.39 is 0 Å². The van der Waals surface area contributed by atoms with Crippen LogP contribution >= 0.6 is 41.4 Å². The summed E-state index contributed by atoms with van der Waals surface area (Å²) in [6.45, 7) is 0. The van der Waals surface area contributed by atoms with Crippen LogP contribution in [0.4, 0.5) is 0 Å². The summed E-state index contributed by atoms with van der Waals surface area (Å²) in [5.41, 5.74) is 0. The van der Waals surface area contributed by atoms with Crippen LogP contribution in [0.3, 0.4) is 0 Å². The van der Waals surface area contributed by atoms with Crippen molar-refractivity contribution < 1.29 is 0 Å². The quantitative estimate of drug-likeness (QED) is 0.696. The highest BCUT2D eigenvalue weighted by atomic mass is 32.9. The molecule has 0 saturated heterocycles. The Kier molecular flexibility index (Phi) is 2.13. The van der Waals surface area contributed by atoms with Crippen LogP contribution in [-0.2, 0) is 0 Å². The maximum atomic E-state index is 10.7. The number of aromatic nitrogens is 2. The maximum Gasteiger partial charge on any atom is 0.337 e. The predicted molar refractivity (Wildman–Crippen MR) is 51.5 cm³/mol. The summed E-state index contributed by atoms with van der Waals surface area (Å²) < 4.78 is 0. The molecular weight excluding hydrogens is 236 g/mol. The van der Waals surface area contributed by atoms with Crippen LogP contribution in [0.25, 0.3) is 10.0 Å². The molecule has 0 radical (unpaired) electrons. The van der Waals surface area contributed by atoms with Crippen molar-refractivity contribution in [1.29, 1.82) is 0 Å². The summed E-state index contributed by atoms with van der Waals surface area (Å²) in [5, 5.41) is 1.10. The minimum atomic E-state index is -0.234. The maximum absolute atomic E-state index is 10.7. The third kappa shape index (κ3) is 1.51. The second-order valence-electron chi connectivity index (χ2n) is 1.70. The summed E-state index contributed by atoms with van der Waals surface area (Å²) in [6.07, 6.45) is 0. The molecule has 8 heteroatoms. The summed E-state index contributed by atoms with van der Waals surface area (Å²) >= 11 is 0. The van der Waals surface area contributed by atoms with Crippen LogP contribution < -0.4 is 9.75 Å². The molecule has 0 amide bonds. The first-order valence-electron chi connectivity index (χ1n) is 2.70. The molecule has 0 spiro atoms. The Labute approximate surface area is 80.6 Å². The Morgan fingerprint density at radius 1 is 0.750 bits per heavy atom. The van der Waals surface area contributed by atoms with Gasteiger partial charge >= 0.3 is 9.75 Å². The highest BCUT2D eigenvalue weighted by molar-refractivity contribution is 7.72. The first-order valence-corrected chi connectivity index (χ1v) is 7.00. The molecule has 0 bridgehead atoms. The standard InChI is InChI=1S/C4N2O2S4/c7-3-5-1(9-11-3)2-6-4(8)12-10-2. The predicted octanol–water partition coefficient (Wildman–Crippen LogP) is 1.11. The van der Waals surface area contributed by atoms with Gasteiger partial charge < -0.3 is 0 Å². The van der Waals surface area contributed by atoms with E-state index in [1.807, 2.05) is 0 Å². The minimum Gasteiger partial charge on any atom is -0.254 e. The van der Waals surface area contributed by atoms with Crippen molar-refractivity contribution in [3.63, 3.8) is 0 Å². The normalized spacial score (nSPS) is 10.3. The second kappa shape index (κ2) is 3.13. The van der Waals surface area contributed by atoms with Gasteiger partial charge in [0.2, 0.25) is 0 Å². The molecule has 12 heavy (non-hydrogen) atoms. The lowest BCUT2D eigenvalue weighted by atomic mass is 10.7. The minimum absolute atomic E-state index is 0.234. The molecule has 62 valence electrons. The lowest BCUT2D eigenvalue weighted by molar-refractivity contribution is 1.30. The van der Waals surface area contributed by atoms with E-state index in [-0.39, 0.29) is 9.75 Å². The fraction of sp³-hybridized carbons (Fsp3) is 0. The molecule has 2 heterocycles. The smallest absolute Gasteiger partial charge is 0.254 e. The molecule has 0 aliphatic carbocycles. The van der Waals surface area contributed by atoms with E-state index in [0.717, 1.165) is 20.7 Å². The lowest BCUT2D eigenvalue weighted by Crippen LogP contribution is -1.95. The average molecular weight is 236 g/mol. The Bertz CT molecular complexity index is 445. The van der Waals surface area contributed by atoms with Crippen molar-refractivity contribution in [3.8, 4) is 10.0 Å². The monoisotopic (exact) mass is 236 g/mol. The molecule has 0 saturated carbocycles. The zero-order valence-electron chi connectivity index (χ0n) is 5.34. The van der Waals surface area contributed by atoms with Crippen LogP contribution in [0.1, 0.15) is 0 Å². The number of nitrogens with zero attached hydrogens (tertiary/aromatic N) is 2. The number of hydrogen-bond donors (Lipinski definition) is 0. The number of hydrogen-bond acceptors (Lipinski definition) is 8. The van der Waals surface area contributed by atoms with Gasteiger partial charge in [-0.05, 0) is 20.7 Å². The van der Waals surface area contributed by atoms with Gasteiger partial charge in [0.05, 0.1) is 0 Å². The van der Waals surface area contributed by atoms with Gasteiger partial charge in [0.15, 0.2) is 10.0 Å². The third-order valence-electron chi connectivity index (χ3n) is 0.952. The number of rotatable bonds is 1. The van der Waals surface area contributed by atoms with Gasteiger partial charge in [-0.3, -0.25) is 9.59 Å². The fourth-order valence-electron chi connectivity index (χ4n) is 0.558. The van der Waals surface area contributed by atoms with Crippen LogP contribution in [0.2, 0.25) is 0 Å². The van der Waals surface area contributed by atoms with Gasteiger partial charge in [-0.2, -0.15) is 9.97 Å². The molecule has 2 rings (SSSR count). The zero-order chi connectivity index (χ0) is 8.55. The molecule has 0 N–H and O–H groups in total. The molecule has 4 nitrogen and oxygen atoms in total. The SMILES string of the molecule is O=c1nc(-c2nc(=O)ss2)ss1. The van der Waals surface area contributed by atoms with Gasteiger partial charge in [-0.1, -0.05) is 20.7 Å². The highest BCUT2D eigenvalue weighted by Gasteiger charge is 2.07. The van der Waals surface area contributed by atoms with Crippen LogP contribution in [0.15, 0.2) is 9.59 Å². The molecule has 0 fully saturated rings. The van der Waals surface area contributed by atoms with Crippen molar-refractivity contribution >= 4 is 41.4 Å². The Morgan fingerprint density at radius 2 is 1.17 bits per heavy atom. The van der Waals surface area contributed by atoms with Gasteiger partial charge in [0.1, 0.15) is 0 Å². The molecule has 0 atom stereocenters. The highest BCUT2D eigenvalue weighted by Crippen LogP contribution is 2.24. The summed E-state index contributed by atoms with van der Waals surface area (Å²) in [6, 6.07) is 0. The first-order chi connectivity index (χ1) is 5.75. The van der Waals surface area contributed by atoms with Crippen molar-refractivity contribution in [2.75, 3.05) is 0 Å².